The second-order valence-electron chi connectivity index (χ2n) is 12.1. The molecule has 49 heavy (non-hydrogen) atoms. The normalized spacial score (nSPS) is 18.7. The largest absolute Gasteiger partial charge is 0.619 e. The van der Waals surface area contributed by atoms with E-state index in [4.69, 9.17) is 42.1 Å². The fraction of sp³-hybridized carbons (Fsp3) is 0.333. The summed E-state index contributed by atoms with van der Waals surface area (Å²) in [5.74, 6) is 0.718. The van der Waals surface area contributed by atoms with Gasteiger partial charge >= 0.3 is 12.1 Å². The van der Waals surface area contributed by atoms with Crippen molar-refractivity contribution in [3.63, 3.8) is 0 Å². The first kappa shape index (κ1) is 34.3. The molecular weight excluding hydrogens is 671 g/mol. The summed E-state index contributed by atoms with van der Waals surface area (Å²) in [5, 5.41) is 12.1. The molecule has 3 fully saturated rings. The average Bonchev–Trinajstić information content (AvgIpc) is 3.12. The molecule has 1 unspecified atom stereocenters. The molecule has 11 nitrogen and oxygen atoms in total. The summed E-state index contributed by atoms with van der Waals surface area (Å²) in [4.78, 5) is 35.2. The van der Waals surface area contributed by atoms with Crippen LogP contribution in [0.25, 0.3) is 0 Å². The van der Waals surface area contributed by atoms with Crippen molar-refractivity contribution >= 4 is 41.0 Å². The van der Waals surface area contributed by atoms with Crippen molar-refractivity contribution in [1.29, 1.82) is 0 Å². The lowest BCUT2D eigenvalue weighted by molar-refractivity contribution is -0.605. The number of benzene rings is 2. The number of ether oxygens (including phenoxy) is 4. The second-order valence-corrected chi connectivity index (χ2v) is 12.9. The molecule has 3 saturated heterocycles. The molecule has 0 saturated carbocycles. The third-order valence-electron chi connectivity index (χ3n) is 9.03. The highest BCUT2D eigenvalue weighted by Gasteiger charge is 2.37. The van der Waals surface area contributed by atoms with E-state index in [0.29, 0.717) is 44.5 Å². The summed E-state index contributed by atoms with van der Waals surface area (Å²) < 4.78 is 23.5. The average molecular weight is 708 g/mol. The van der Waals surface area contributed by atoms with E-state index < -0.39 is 18.2 Å². The minimum absolute atomic E-state index is 0.0829. The molecule has 0 N–H and O–H groups in total. The smallest absolute Gasteiger partial charge is 0.414 e. The SMILES string of the molecule is COc1ccc(C(Cc2c(Cl)c[n+]([O-])cc2Cl)OC(=O)c2ccc(CN(C(=O)O[C@H]3CN4CCC3CC4)c3cccnc3)cc2)cc1OC. The maximum Gasteiger partial charge on any atom is 0.414 e. The Morgan fingerprint density at radius 2 is 1.73 bits per heavy atom. The summed E-state index contributed by atoms with van der Waals surface area (Å²) >= 11 is 12.8. The molecule has 2 aromatic carbocycles. The maximum atomic E-state index is 13.6. The van der Waals surface area contributed by atoms with Crippen LogP contribution in [0.4, 0.5) is 10.5 Å². The van der Waals surface area contributed by atoms with Gasteiger partial charge in [-0.15, -0.1) is 0 Å². The van der Waals surface area contributed by atoms with E-state index >= 15 is 0 Å². The summed E-state index contributed by atoms with van der Waals surface area (Å²) in [6.45, 7) is 3.05. The van der Waals surface area contributed by atoms with Gasteiger partial charge in [0.15, 0.2) is 23.9 Å². The zero-order valence-corrected chi connectivity index (χ0v) is 28.6. The molecule has 13 heteroatoms. The third-order valence-corrected chi connectivity index (χ3v) is 9.68. The zero-order valence-electron chi connectivity index (χ0n) is 27.1. The molecule has 3 aliphatic heterocycles. The van der Waals surface area contributed by atoms with Crippen LogP contribution in [-0.2, 0) is 22.4 Å². The van der Waals surface area contributed by atoms with Gasteiger partial charge in [0.2, 0.25) is 0 Å². The molecule has 3 aliphatic rings. The highest BCUT2D eigenvalue weighted by atomic mass is 35.5. The molecule has 256 valence electrons. The van der Waals surface area contributed by atoms with E-state index in [1.165, 1.54) is 26.6 Å². The van der Waals surface area contributed by atoms with Crippen molar-refractivity contribution in [1.82, 2.24) is 9.88 Å². The van der Waals surface area contributed by atoms with Crippen molar-refractivity contribution < 1.29 is 33.3 Å². The van der Waals surface area contributed by atoms with Gasteiger partial charge in [-0.1, -0.05) is 41.4 Å². The first-order valence-electron chi connectivity index (χ1n) is 15.9. The summed E-state index contributed by atoms with van der Waals surface area (Å²) in [5.41, 5.74) is 2.72. The molecule has 1 amide bonds. The quantitative estimate of drug-likeness (QED) is 0.0990. The summed E-state index contributed by atoms with van der Waals surface area (Å²) in [6.07, 6.45) is 6.36. The van der Waals surface area contributed by atoms with Crippen molar-refractivity contribution in [2.24, 2.45) is 5.92 Å². The Balaban J connectivity index is 1.20. The van der Waals surface area contributed by atoms with Crippen LogP contribution >= 0.6 is 23.2 Å². The summed E-state index contributed by atoms with van der Waals surface area (Å²) in [6, 6.07) is 15.6. The lowest BCUT2D eigenvalue weighted by atomic mass is 9.86. The van der Waals surface area contributed by atoms with Gasteiger partial charge in [0, 0.05) is 24.7 Å². The van der Waals surface area contributed by atoms with E-state index in [1.807, 2.05) is 6.07 Å². The molecule has 2 atom stereocenters. The highest BCUT2D eigenvalue weighted by Crippen LogP contribution is 2.36. The first-order valence-corrected chi connectivity index (χ1v) is 16.7. The number of rotatable bonds is 11. The lowest BCUT2D eigenvalue weighted by Crippen LogP contribution is -2.53. The van der Waals surface area contributed by atoms with Gasteiger partial charge < -0.3 is 24.2 Å². The number of anilines is 1. The Morgan fingerprint density at radius 3 is 2.35 bits per heavy atom. The van der Waals surface area contributed by atoms with Crippen LogP contribution in [0.1, 0.15) is 46.0 Å². The van der Waals surface area contributed by atoms with E-state index in [1.54, 1.807) is 65.8 Å². The lowest BCUT2D eigenvalue weighted by Gasteiger charge is -2.44. The number of nitrogens with zero attached hydrogens (tertiary/aromatic N) is 4. The molecule has 4 aromatic rings. The predicted octanol–water partition coefficient (Wildman–Crippen LogP) is 6.42. The van der Waals surface area contributed by atoms with E-state index in [9.17, 15) is 14.8 Å². The minimum Gasteiger partial charge on any atom is -0.619 e. The van der Waals surface area contributed by atoms with Crippen LogP contribution in [0, 0.1) is 11.1 Å². The Kier molecular flexibility index (Phi) is 10.7. The standard InChI is InChI=1S/C36H36Cl2N4O7/c1-46-31-10-9-26(16-33(31)47-2)32(17-28-29(37)20-41(45)21-30(28)38)48-35(43)25-7-5-23(6-8-25)19-42(27-4-3-13-39-18-27)36(44)49-34-22-40-14-11-24(34)12-15-40/h3-10,13,16,18,20-21,24,32,34H,11-12,14-15,17,19,22H2,1-2H3/t32?,34-/m0/s1. The van der Waals surface area contributed by atoms with Crippen LogP contribution in [0.5, 0.6) is 11.5 Å². The fourth-order valence-electron chi connectivity index (χ4n) is 6.33. The molecule has 0 aliphatic carbocycles. The van der Waals surface area contributed by atoms with Crippen LogP contribution in [0.2, 0.25) is 10.0 Å². The number of pyridine rings is 2. The Hall–Kier alpha value is -4.58. The van der Waals surface area contributed by atoms with Gasteiger partial charge in [-0.2, -0.15) is 4.73 Å². The van der Waals surface area contributed by atoms with Gasteiger partial charge in [0.05, 0.1) is 38.2 Å². The first-order chi connectivity index (χ1) is 23.7. The van der Waals surface area contributed by atoms with Crippen molar-refractivity contribution in [3.8, 4) is 11.5 Å². The van der Waals surface area contributed by atoms with Gasteiger partial charge in [0.25, 0.3) is 0 Å². The number of hydrogen-bond acceptors (Lipinski definition) is 9. The van der Waals surface area contributed by atoms with Crippen LogP contribution < -0.4 is 19.1 Å². The molecule has 2 bridgehead atoms. The van der Waals surface area contributed by atoms with Crippen LogP contribution in [0.15, 0.2) is 79.4 Å². The number of piperidine rings is 3. The molecular formula is C36H36Cl2N4O7. The number of fused-ring (bicyclic) bond motifs is 3. The van der Waals surface area contributed by atoms with Crippen molar-refractivity contribution in [2.45, 2.75) is 38.0 Å². The molecule has 0 spiro atoms. The van der Waals surface area contributed by atoms with Crippen LogP contribution in [-0.4, -0.2) is 61.9 Å². The monoisotopic (exact) mass is 706 g/mol. The molecule has 0 radical (unpaired) electrons. The second kappa shape index (κ2) is 15.3. The number of hydrogen-bond donors (Lipinski definition) is 0. The molecule has 5 heterocycles. The van der Waals surface area contributed by atoms with Gasteiger partial charge in [-0.05, 0) is 79.4 Å². The highest BCUT2D eigenvalue weighted by molar-refractivity contribution is 6.35. The van der Waals surface area contributed by atoms with Gasteiger partial charge in [-0.25, -0.2) is 9.59 Å². The number of esters is 1. The molecule has 2 aromatic heterocycles. The Labute approximate surface area is 294 Å². The van der Waals surface area contributed by atoms with Crippen molar-refractivity contribution in [2.75, 3.05) is 38.8 Å². The number of carbonyl (C=O) groups excluding carboxylic acids is 2. The fourth-order valence-corrected chi connectivity index (χ4v) is 6.93. The summed E-state index contributed by atoms with van der Waals surface area (Å²) in [7, 11) is 3.03. The predicted molar refractivity (Wildman–Crippen MR) is 183 cm³/mol. The number of methoxy groups -OCH3 is 2. The number of carbonyl (C=O) groups is 2. The Bertz CT molecular complexity index is 1760. The number of amides is 1. The minimum atomic E-state index is -0.855. The van der Waals surface area contributed by atoms with Crippen LogP contribution in [0.3, 0.4) is 0 Å². The van der Waals surface area contributed by atoms with E-state index in [2.05, 4.69) is 9.88 Å². The van der Waals surface area contributed by atoms with Crippen molar-refractivity contribution in [3.05, 3.63) is 117 Å². The number of halogens is 2. The maximum absolute atomic E-state index is 13.6. The Morgan fingerprint density at radius 1 is 1.02 bits per heavy atom. The van der Waals surface area contributed by atoms with E-state index in [-0.39, 0.29) is 29.1 Å². The van der Waals surface area contributed by atoms with E-state index in [0.717, 1.165) is 38.0 Å². The van der Waals surface area contributed by atoms with Gasteiger partial charge in [-0.3, -0.25) is 14.8 Å². The molecule has 7 rings (SSSR count). The zero-order chi connectivity index (χ0) is 34.5. The number of aromatic nitrogens is 2. The topological polar surface area (TPSA) is 117 Å². The van der Waals surface area contributed by atoms with Gasteiger partial charge in [0.1, 0.15) is 22.3 Å². The third kappa shape index (κ3) is 8.01.